The van der Waals surface area contributed by atoms with Crippen LogP contribution in [0.3, 0.4) is 0 Å². The summed E-state index contributed by atoms with van der Waals surface area (Å²) in [6.45, 7) is 0. The zero-order chi connectivity index (χ0) is 14.6. The Labute approximate surface area is 120 Å². The molecule has 1 aliphatic rings. The Hall–Kier alpha value is -2.88. The Balaban J connectivity index is 2.14. The van der Waals surface area contributed by atoms with Crippen LogP contribution in [-0.4, -0.2) is 23.7 Å². The van der Waals surface area contributed by atoms with Crippen LogP contribution in [0, 0.1) is 0 Å². The molecule has 1 N–H and O–H groups in total. The number of methoxy groups -OCH3 is 1. The lowest BCUT2D eigenvalue weighted by Crippen LogP contribution is -2.21. The second-order valence-electron chi connectivity index (χ2n) is 4.98. The highest BCUT2D eigenvalue weighted by atomic mass is 16.5. The predicted octanol–water partition coefficient (Wildman–Crippen LogP) is 2.95. The molecule has 0 amide bonds. The van der Waals surface area contributed by atoms with Crippen LogP contribution in [0.15, 0.2) is 42.6 Å². The molecule has 0 bridgehead atoms. The van der Waals surface area contributed by atoms with Crippen molar-refractivity contribution in [3.63, 3.8) is 0 Å². The van der Waals surface area contributed by atoms with Crippen molar-refractivity contribution in [2.45, 2.75) is 0 Å². The predicted molar refractivity (Wildman–Crippen MR) is 78.2 cm³/mol. The van der Waals surface area contributed by atoms with Gasteiger partial charge in [0.2, 0.25) is 0 Å². The van der Waals surface area contributed by atoms with E-state index in [1.165, 1.54) is 7.11 Å². The first kappa shape index (κ1) is 11.9. The molecule has 1 aromatic heterocycles. The molecule has 3 aromatic rings. The fourth-order valence-corrected chi connectivity index (χ4v) is 2.95. The molecule has 1 aliphatic carbocycles. The molecule has 0 atom stereocenters. The third-order valence-electron chi connectivity index (χ3n) is 3.90. The summed E-state index contributed by atoms with van der Waals surface area (Å²) in [7, 11) is 1.51. The molecule has 4 nitrogen and oxygen atoms in total. The number of nitrogens with one attached hydrogen (secondary N) is 1. The molecular weight excluding hydrogens is 266 g/mol. The van der Waals surface area contributed by atoms with Crippen molar-refractivity contribution < 1.29 is 14.3 Å². The molecule has 2 aromatic carbocycles. The van der Waals surface area contributed by atoms with Crippen molar-refractivity contribution in [3.8, 4) is 5.75 Å². The van der Waals surface area contributed by atoms with Gasteiger partial charge in [-0.25, -0.2) is 0 Å². The van der Waals surface area contributed by atoms with Gasteiger partial charge in [-0.1, -0.05) is 24.3 Å². The summed E-state index contributed by atoms with van der Waals surface area (Å²) in [5, 5.41) is 0.803. The zero-order valence-corrected chi connectivity index (χ0v) is 11.3. The summed E-state index contributed by atoms with van der Waals surface area (Å²) >= 11 is 0. The Kier molecular flexibility index (Phi) is 2.30. The molecule has 0 saturated heterocycles. The number of rotatable bonds is 1. The second-order valence-corrected chi connectivity index (χ2v) is 4.98. The maximum Gasteiger partial charge on any atom is 0.198 e. The molecule has 0 aliphatic heterocycles. The number of H-pyrrole nitrogens is 1. The normalized spacial score (nSPS) is 13.2. The Morgan fingerprint density at radius 2 is 1.67 bits per heavy atom. The first-order valence-corrected chi connectivity index (χ1v) is 6.59. The number of carbonyl (C=O) groups is 2. The minimum Gasteiger partial charge on any atom is -0.495 e. The molecule has 0 radical (unpaired) electrons. The summed E-state index contributed by atoms with van der Waals surface area (Å²) < 4.78 is 5.42. The fourth-order valence-electron chi connectivity index (χ4n) is 2.95. The molecular formula is C17H11NO3. The van der Waals surface area contributed by atoms with Crippen molar-refractivity contribution >= 4 is 22.5 Å². The number of hydrogen-bond acceptors (Lipinski definition) is 3. The summed E-state index contributed by atoms with van der Waals surface area (Å²) in [6, 6.07) is 10.5. The van der Waals surface area contributed by atoms with Crippen LogP contribution < -0.4 is 4.74 Å². The zero-order valence-electron chi connectivity index (χ0n) is 11.3. The van der Waals surface area contributed by atoms with Gasteiger partial charge in [-0.3, -0.25) is 9.59 Å². The highest BCUT2D eigenvalue weighted by molar-refractivity contribution is 6.30. The van der Waals surface area contributed by atoms with E-state index >= 15 is 0 Å². The van der Waals surface area contributed by atoms with Crippen molar-refractivity contribution in [3.05, 3.63) is 64.8 Å². The third-order valence-corrected chi connectivity index (χ3v) is 3.90. The number of aromatic amines is 1. The smallest absolute Gasteiger partial charge is 0.198 e. The maximum absolute atomic E-state index is 12.8. The number of carbonyl (C=O) groups excluding carboxylic acids is 2. The largest absolute Gasteiger partial charge is 0.495 e. The van der Waals surface area contributed by atoms with Gasteiger partial charge in [0.15, 0.2) is 11.6 Å². The average molecular weight is 277 g/mol. The van der Waals surface area contributed by atoms with Gasteiger partial charge in [-0.05, 0) is 12.1 Å². The van der Waals surface area contributed by atoms with Gasteiger partial charge in [-0.15, -0.1) is 0 Å². The quantitative estimate of drug-likeness (QED) is 0.582. The van der Waals surface area contributed by atoms with E-state index < -0.39 is 0 Å². The van der Waals surface area contributed by atoms with Gasteiger partial charge in [0.25, 0.3) is 0 Å². The van der Waals surface area contributed by atoms with Crippen LogP contribution in [0.4, 0.5) is 0 Å². The van der Waals surface area contributed by atoms with E-state index in [4.69, 9.17) is 4.74 Å². The van der Waals surface area contributed by atoms with E-state index in [1.54, 1.807) is 36.5 Å². The molecule has 102 valence electrons. The van der Waals surface area contributed by atoms with Crippen molar-refractivity contribution in [2.24, 2.45) is 0 Å². The van der Waals surface area contributed by atoms with Crippen molar-refractivity contribution in [2.75, 3.05) is 7.11 Å². The van der Waals surface area contributed by atoms with Crippen LogP contribution in [0.5, 0.6) is 5.75 Å². The molecule has 0 spiro atoms. The minimum absolute atomic E-state index is 0.144. The average Bonchev–Trinajstić information content (AvgIpc) is 2.99. The topological polar surface area (TPSA) is 59.2 Å². The van der Waals surface area contributed by atoms with Crippen molar-refractivity contribution in [1.82, 2.24) is 4.98 Å². The standard InChI is InChI=1S/C17H11NO3/c1-21-17-11-6-7-18-13(11)8-12-14(17)16(20)10-5-3-2-4-9(10)15(12)19/h2-8,18H,1H3. The second kappa shape index (κ2) is 4.06. The van der Waals surface area contributed by atoms with Gasteiger partial charge in [-0.2, -0.15) is 0 Å². The lowest BCUT2D eigenvalue weighted by Gasteiger charge is -2.20. The molecule has 21 heavy (non-hydrogen) atoms. The molecule has 0 fully saturated rings. The number of fused-ring (bicyclic) bond motifs is 3. The molecule has 0 saturated carbocycles. The summed E-state index contributed by atoms with van der Waals surface area (Å²) in [6.07, 6.45) is 1.76. The molecule has 1 heterocycles. The third kappa shape index (κ3) is 1.44. The van der Waals surface area contributed by atoms with Crippen LogP contribution in [0.2, 0.25) is 0 Å². The van der Waals surface area contributed by atoms with E-state index in [1.807, 2.05) is 6.07 Å². The lowest BCUT2D eigenvalue weighted by atomic mass is 9.83. The van der Waals surface area contributed by atoms with E-state index in [9.17, 15) is 9.59 Å². The SMILES string of the molecule is COc1c2c(cc3[nH]ccc13)C(=O)c1ccccc1C2=O. The Bertz CT molecular complexity index is 921. The van der Waals surface area contributed by atoms with E-state index in [2.05, 4.69) is 4.98 Å². The monoisotopic (exact) mass is 277 g/mol. The van der Waals surface area contributed by atoms with Gasteiger partial charge in [0, 0.05) is 33.8 Å². The van der Waals surface area contributed by atoms with Crippen LogP contribution in [0.25, 0.3) is 10.9 Å². The Morgan fingerprint density at radius 1 is 0.952 bits per heavy atom. The number of ether oxygens (including phenoxy) is 1. The van der Waals surface area contributed by atoms with Gasteiger partial charge in [0.05, 0.1) is 12.7 Å². The Morgan fingerprint density at radius 3 is 2.38 bits per heavy atom. The summed E-state index contributed by atoms with van der Waals surface area (Å²) in [5.74, 6) is 0.145. The lowest BCUT2D eigenvalue weighted by molar-refractivity contribution is 0.0977. The fraction of sp³-hybridized carbons (Fsp3) is 0.0588. The van der Waals surface area contributed by atoms with Crippen molar-refractivity contribution in [1.29, 1.82) is 0 Å². The van der Waals surface area contributed by atoms with E-state index in [0.717, 1.165) is 10.9 Å². The van der Waals surface area contributed by atoms with E-state index in [-0.39, 0.29) is 11.6 Å². The highest BCUT2D eigenvalue weighted by Crippen LogP contribution is 2.38. The summed E-state index contributed by atoms with van der Waals surface area (Å²) in [5.41, 5.74) is 2.41. The molecule has 4 rings (SSSR count). The minimum atomic E-state index is -0.167. The van der Waals surface area contributed by atoms with Gasteiger partial charge in [0.1, 0.15) is 5.75 Å². The van der Waals surface area contributed by atoms with Gasteiger partial charge < -0.3 is 9.72 Å². The van der Waals surface area contributed by atoms with Crippen LogP contribution in [0.1, 0.15) is 31.8 Å². The molecule has 0 unspecified atom stereocenters. The number of benzene rings is 2. The highest BCUT2D eigenvalue weighted by Gasteiger charge is 2.33. The van der Waals surface area contributed by atoms with Gasteiger partial charge >= 0.3 is 0 Å². The number of hydrogen-bond donors (Lipinski definition) is 1. The number of ketones is 2. The van der Waals surface area contributed by atoms with Crippen LogP contribution >= 0.6 is 0 Å². The number of aromatic nitrogens is 1. The molecule has 4 heteroatoms. The first-order chi connectivity index (χ1) is 10.2. The van der Waals surface area contributed by atoms with E-state index in [0.29, 0.717) is 28.0 Å². The maximum atomic E-state index is 12.8. The van der Waals surface area contributed by atoms with Crippen LogP contribution in [-0.2, 0) is 0 Å². The summed E-state index contributed by atoms with van der Waals surface area (Å²) in [4.78, 5) is 28.5. The first-order valence-electron chi connectivity index (χ1n) is 6.59.